The molecule has 1 aliphatic carbocycles. The number of hydrogen-bond donors (Lipinski definition) is 0. The van der Waals surface area contributed by atoms with Gasteiger partial charge in [0, 0.05) is 13.0 Å². The van der Waals surface area contributed by atoms with Crippen LogP contribution in [-0.2, 0) is 18.9 Å². The maximum atomic E-state index is 6.20. The summed E-state index contributed by atoms with van der Waals surface area (Å²) in [5, 5.41) is 0. The zero-order chi connectivity index (χ0) is 14.8. The van der Waals surface area contributed by atoms with Crippen LogP contribution in [0.3, 0.4) is 0 Å². The second kappa shape index (κ2) is 6.37. The SMILES string of the molecule is C=CC12OC[C@@](OCC3CCCCC3)(CC[C@H]1OCC)O2. The third-order valence-corrected chi connectivity index (χ3v) is 5.06. The van der Waals surface area contributed by atoms with Gasteiger partial charge in [0.25, 0.3) is 0 Å². The van der Waals surface area contributed by atoms with Crippen molar-refractivity contribution in [3.63, 3.8) is 0 Å². The van der Waals surface area contributed by atoms with Gasteiger partial charge < -0.3 is 18.9 Å². The molecule has 0 aromatic rings. The van der Waals surface area contributed by atoms with Crippen LogP contribution in [0.2, 0.25) is 0 Å². The van der Waals surface area contributed by atoms with Crippen molar-refractivity contribution in [2.75, 3.05) is 19.8 Å². The Kier molecular flexibility index (Phi) is 4.69. The zero-order valence-corrected chi connectivity index (χ0v) is 13.1. The van der Waals surface area contributed by atoms with E-state index in [0.29, 0.717) is 19.1 Å². The highest BCUT2D eigenvalue weighted by atomic mass is 16.8. The molecule has 2 aliphatic heterocycles. The second-order valence-corrected chi connectivity index (χ2v) is 6.52. The van der Waals surface area contributed by atoms with E-state index in [0.717, 1.165) is 19.4 Å². The van der Waals surface area contributed by atoms with Crippen LogP contribution in [0, 0.1) is 5.92 Å². The summed E-state index contributed by atoms with van der Waals surface area (Å²) in [5.41, 5.74) is 0. The van der Waals surface area contributed by atoms with Crippen molar-refractivity contribution in [1.29, 1.82) is 0 Å². The molecule has 3 aliphatic rings. The predicted molar refractivity (Wildman–Crippen MR) is 79.9 cm³/mol. The average molecular weight is 296 g/mol. The van der Waals surface area contributed by atoms with E-state index in [4.69, 9.17) is 18.9 Å². The highest BCUT2D eigenvalue weighted by Gasteiger charge is 2.58. The average Bonchev–Trinajstić information content (AvgIpc) is 2.85. The summed E-state index contributed by atoms with van der Waals surface area (Å²) >= 11 is 0. The van der Waals surface area contributed by atoms with E-state index in [1.807, 2.05) is 6.92 Å². The molecular weight excluding hydrogens is 268 g/mol. The fourth-order valence-corrected chi connectivity index (χ4v) is 3.81. The molecule has 3 rings (SSSR count). The Morgan fingerprint density at radius 3 is 2.76 bits per heavy atom. The van der Waals surface area contributed by atoms with Gasteiger partial charge in [0.15, 0.2) is 5.79 Å². The number of fused-ring (bicyclic) bond motifs is 2. The summed E-state index contributed by atoms with van der Waals surface area (Å²) in [5.74, 6) is -0.722. The first kappa shape index (κ1) is 15.5. The molecule has 2 saturated heterocycles. The lowest BCUT2D eigenvalue weighted by Gasteiger charge is -2.41. The molecule has 21 heavy (non-hydrogen) atoms. The number of hydrogen-bond acceptors (Lipinski definition) is 4. The molecule has 2 heterocycles. The van der Waals surface area contributed by atoms with E-state index in [1.165, 1.54) is 32.1 Å². The van der Waals surface area contributed by atoms with Crippen LogP contribution in [0.1, 0.15) is 51.9 Å². The van der Waals surface area contributed by atoms with Gasteiger partial charge in [0.1, 0.15) is 12.7 Å². The van der Waals surface area contributed by atoms with E-state index in [1.54, 1.807) is 6.08 Å². The first-order valence-corrected chi connectivity index (χ1v) is 8.45. The molecular formula is C17H28O4. The first-order chi connectivity index (χ1) is 10.2. The normalized spacial score (nSPS) is 40.3. The predicted octanol–water partition coefficient (Wildman–Crippen LogP) is 3.41. The Hall–Kier alpha value is -0.420. The van der Waals surface area contributed by atoms with Crippen molar-refractivity contribution in [3.05, 3.63) is 12.7 Å². The molecule has 0 spiro atoms. The lowest BCUT2D eigenvalue weighted by molar-refractivity contribution is -0.309. The van der Waals surface area contributed by atoms with E-state index >= 15 is 0 Å². The van der Waals surface area contributed by atoms with Gasteiger partial charge in [-0.3, -0.25) is 0 Å². The monoisotopic (exact) mass is 296 g/mol. The summed E-state index contributed by atoms with van der Waals surface area (Å²) in [7, 11) is 0. The van der Waals surface area contributed by atoms with Crippen LogP contribution in [0.4, 0.5) is 0 Å². The molecule has 4 heteroatoms. The standard InChI is InChI=1S/C17H28O4/c1-3-17-15(18-4-2)10-11-16(21-17,13-20-17)19-12-14-8-6-5-7-9-14/h3,14-15H,1,4-13H2,2H3/t15-,16-,17?/m1/s1. The summed E-state index contributed by atoms with van der Waals surface area (Å²) in [6, 6.07) is 0. The van der Waals surface area contributed by atoms with E-state index in [9.17, 15) is 0 Å². The highest BCUT2D eigenvalue weighted by molar-refractivity contribution is 5.05. The van der Waals surface area contributed by atoms with Gasteiger partial charge in [-0.25, -0.2) is 0 Å². The van der Waals surface area contributed by atoms with Crippen LogP contribution >= 0.6 is 0 Å². The Bertz CT molecular complexity index is 366. The summed E-state index contributed by atoms with van der Waals surface area (Å²) in [6.07, 6.45) is 9.99. The molecule has 120 valence electrons. The first-order valence-electron chi connectivity index (χ1n) is 8.45. The molecule has 0 amide bonds. The van der Waals surface area contributed by atoms with Gasteiger partial charge in [-0.15, -0.1) is 0 Å². The maximum absolute atomic E-state index is 6.20. The summed E-state index contributed by atoms with van der Waals surface area (Å²) < 4.78 is 24.1. The number of ether oxygens (including phenoxy) is 4. The topological polar surface area (TPSA) is 36.9 Å². The summed E-state index contributed by atoms with van der Waals surface area (Å²) in [6.45, 7) is 7.80. The zero-order valence-electron chi connectivity index (χ0n) is 13.1. The quantitative estimate of drug-likeness (QED) is 0.704. The Balaban J connectivity index is 1.60. The Morgan fingerprint density at radius 1 is 1.24 bits per heavy atom. The van der Waals surface area contributed by atoms with E-state index in [-0.39, 0.29) is 6.10 Å². The highest BCUT2D eigenvalue weighted by Crippen LogP contribution is 2.46. The Morgan fingerprint density at radius 2 is 2.05 bits per heavy atom. The van der Waals surface area contributed by atoms with E-state index in [2.05, 4.69) is 6.58 Å². The Labute approximate surface area is 127 Å². The molecule has 0 radical (unpaired) electrons. The van der Waals surface area contributed by atoms with Crippen LogP contribution < -0.4 is 0 Å². The number of rotatable bonds is 6. The lowest BCUT2D eigenvalue weighted by Crippen LogP contribution is -2.51. The van der Waals surface area contributed by atoms with Gasteiger partial charge in [-0.05, 0) is 38.2 Å². The van der Waals surface area contributed by atoms with Crippen LogP contribution in [0.5, 0.6) is 0 Å². The van der Waals surface area contributed by atoms with Crippen molar-refractivity contribution in [3.8, 4) is 0 Å². The van der Waals surface area contributed by atoms with Gasteiger partial charge >= 0.3 is 0 Å². The van der Waals surface area contributed by atoms with Gasteiger partial charge in [-0.2, -0.15) is 0 Å². The minimum Gasteiger partial charge on any atom is -0.373 e. The molecule has 2 bridgehead atoms. The second-order valence-electron chi connectivity index (χ2n) is 6.52. The molecule has 4 nitrogen and oxygen atoms in total. The molecule has 3 atom stereocenters. The van der Waals surface area contributed by atoms with Crippen LogP contribution in [0.25, 0.3) is 0 Å². The molecule has 0 aromatic carbocycles. The molecule has 0 N–H and O–H groups in total. The molecule has 1 saturated carbocycles. The van der Waals surface area contributed by atoms with Gasteiger partial charge in [0.05, 0.1) is 6.61 Å². The van der Waals surface area contributed by atoms with Crippen molar-refractivity contribution in [2.45, 2.75) is 69.5 Å². The minimum absolute atomic E-state index is 0.0751. The fourth-order valence-electron chi connectivity index (χ4n) is 3.81. The largest absolute Gasteiger partial charge is 0.373 e. The minimum atomic E-state index is -0.819. The van der Waals surface area contributed by atoms with Crippen molar-refractivity contribution >= 4 is 0 Å². The third-order valence-electron chi connectivity index (χ3n) is 5.06. The fraction of sp³-hybridized carbons (Fsp3) is 0.882. The van der Waals surface area contributed by atoms with Crippen molar-refractivity contribution < 1.29 is 18.9 Å². The summed E-state index contributed by atoms with van der Waals surface area (Å²) in [4.78, 5) is 0. The van der Waals surface area contributed by atoms with Gasteiger partial charge in [-0.1, -0.05) is 25.8 Å². The van der Waals surface area contributed by atoms with Gasteiger partial charge in [0.2, 0.25) is 5.79 Å². The molecule has 1 unspecified atom stereocenters. The van der Waals surface area contributed by atoms with Crippen molar-refractivity contribution in [1.82, 2.24) is 0 Å². The van der Waals surface area contributed by atoms with Crippen molar-refractivity contribution in [2.24, 2.45) is 5.92 Å². The molecule has 3 fully saturated rings. The smallest absolute Gasteiger partial charge is 0.217 e. The van der Waals surface area contributed by atoms with Crippen LogP contribution in [0.15, 0.2) is 12.7 Å². The van der Waals surface area contributed by atoms with Crippen LogP contribution in [-0.4, -0.2) is 37.5 Å². The lowest BCUT2D eigenvalue weighted by atomic mass is 9.90. The molecule has 0 aromatic heterocycles. The third kappa shape index (κ3) is 3.04. The maximum Gasteiger partial charge on any atom is 0.217 e. The van der Waals surface area contributed by atoms with E-state index < -0.39 is 11.6 Å².